The molecule has 4 rings (SSSR count). The third kappa shape index (κ3) is 7.78. The molecule has 0 saturated heterocycles. The van der Waals surface area contributed by atoms with Gasteiger partial charge in [0.15, 0.2) is 0 Å². The standard InChI is InChI=1S/C32H37Cl2N3O6S/c1-22(32(39)35-23-11-6-4-7-12-23)36(20-26-27(33)15-10-16-28(26)34)31(38)21-37(44(40,41)25-13-8-5-9-14-25)29-19-24(42-2)17-18-30(29)43-3/h5,8-10,13-19,22-23H,4,6-7,11-12,20-21H2,1-3H3,(H,35,39). The van der Waals surface area contributed by atoms with Crippen LogP contribution in [0.3, 0.4) is 0 Å². The molecule has 1 aliphatic carbocycles. The second-order valence-electron chi connectivity index (χ2n) is 10.6. The highest BCUT2D eigenvalue weighted by atomic mass is 35.5. The highest BCUT2D eigenvalue weighted by molar-refractivity contribution is 7.92. The Labute approximate surface area is 269 Å². The average molecular weight is 663 g/mol. The van der Waals surface area contributed by atoms with Crippen LogP contribution in [0.25, 0.3) is 0 Å². The van der Waals surface area contributed by atoms with Crippen molar-refractivity contribution in [1.29, 1.82) is 0 Å². The SMILES string of the molecule is COc1ccc(OC)c(N(CC(=O)N(Cc2c(Cl)cccc2Cl)C(C)C(=O)NC2CCCCC2)S(=O)(=O)c2ccccc2)c1. The molecule has 0 bridgehead atoms. The Bertz CT molecular complexity index is 1550. The lowest BCUT2D eigenvalue weighted by Gasteiger charge is -2.34. The topological polar surface area (TPSA) is 105 Å². The molecule has 9 nitrogen and oxygen atoms in total. The van der Waals surface area contributed by atoms with Gasteiger partial charge in [-0.15, -0.1) is 0 Å². The van der Waals surface area contributed by atoms with Crippen molar-refractivity contribution < 1.29 is 27.5 Å². The maximum Gasteiger partial charge on any atom is 0.264 e. The lowest BCUT2D eigenvalue weighted by molar-refractivity contribution is -0.139. The second kappa shape index (κ2) is 15.0. The molecule has 1 saturated carbocycles. The Kier molecular flexibility index (Phi) is 11.4. The highest BCUT2D eigenvalue weighted by Crippen LogP contribution is 2.36. The van der Waals surface area contributed by atoms with Crippen molar-refractivity contribution in [2.24, 2.45) is 0 Å². The van der Waals surface area contributed by atoms with Gasteiger partial charge in [0.1, 0.15) is 24.1 Å². The summed E-state index contributed by atoms with van der Waals surface area (Å²) in [4.78, 5) is 29.1. The number of benzene rings is 3. The fraction of sp³-hybridized carbons (Fsp3) is 0.375. The summed E-state index contributed by atoms with van der Waals surface area (Å²) in [7, 11) is -1.44. The van der Waals surface area contributed by atoms with E-state index in [0.29, 0.717) is 21.4 Å². The first-order chi connectivity index (χ1) is 21.1. The number of nitrogens with one attached hydrogen (secondary N) is 1. The van der Waals surface area contributed by atoms with E-state index in [1.807, 2.05) is 0 Å². The number of carbonyl (C=O) groups is 2. The normalized spacial score (nSPS) is 14.4. The Balaban J connectivity index is 1.77. The van der Waals surface area contributed by atoms with Gasteiger partial charge in [0.05, 0.1) is 24.8 Å². The van der Waals surface area contributed by atoms with Crippen LogP contribution >= 0.6 is 23.2 Å². The summed E-state index contributed by atoms with van der Waals surface area (Å²) in [5, 5.41) is 3.71. The van der Waals surface area contributed by atoms with E-state index in [2.05, 4.69) is 5.32 Å². The van der Waals surface area contributed by atoms with E-state index in [4.69, 9.17) is 32.7 Å². The fourth-order valence-electron chi connectivity index (χ4n) is 5.23. The molecule has 1 unspecified atom stereocenters. The van der Waals surface area contributed by atoms with Gasteiger partial charge in [-0.05, 0) is 56.2 Å². The Morgan fingerprint density at radius 3 is 2.20 bits per heavy atom. The zero-order valence-electron chi connectivity index (χ0n) is 25.0. The zero-order valence-corrected chi connectivity index (χ0v) is 27.3. The minimum atomic E-state index is -4.30. The minimum Gasteiger partial charge on any atom is -0.497 e. The van der Waals surface area contributed by atoms with Crippen LogP contribution in [0.2, 0.25) is 10.0 Å². The third-order valence-corrected chi connectivity index (χ3v) is 10.3. The Morgan fingerprint density at radius 1 is 0.932 bits per heavy atom. The lowest BCUT2D eigenvalue weighted by Crippen LogP contribution is -2.53. The maximum atomic E-state index is 14.3. The van der Waals surface area contributed by atoms with Gasteiger partial charge in [0, 0.05) is 34.3 Å². The van der Waals surface area contributed by atoms with Crippen molar-refractivity contribution in [3.63, 3.8) is 0 Å². The molecule has 0 radical (unpaired) electrons. The average Bonchev–Trinajstić information content (AvgIpc) is 3.03. The molecular weight excluding hydrogens is 625 g/mol. The molecule has 1 N–H and O–H groups in total. The summed E-state index contributed by atoms with van der Waals surface area (Å²) in [5.41, 5.74) is 0.539. The quantitative estimate of drug-likeness (QED) is 0.253. The van der Waals surface area contributed by atoms with Crippen molar-refractivity contribution in [1.82, 2.24) is 10.2 Å². The summed E-state index contributed by atoms with van der Waals surface area (Å²) < 4.78 is 40.1. The number of nitrogens with zero attached hydrogens (tertiary/aromatic N) is 2. The number of methoxy groups -OCH3 is 2. The van der Waals surface area contributed by atoms with Crippen molar-refractivity contribution in [2.75, 3.05) is 25.1 Å². The van der Waals surface area contributed by atoms with Gasteiger partial charge < -0.3 is 19.7 Å². The molecule has 1 fully saturated rings. The molecule has 0 spiro atoms. The molecule has 3 aromatic rings. The lowest BCUT2D eigenvalue weighted by atomic mass is 9.95. The molecule has 0 aromatic heterocycles. The second-order valence-corrected chi connectivity index (χ2v) is 13.3. The summed E-state index contributed by atoms with van der Waals surface area (Å²) in [6.45, 7) is 0.845. The molecule has 1 atom stereocenters. The summed E-state index contributed by atoms with van der Waals surface area (Å²) >= 11 is 13.0. The molecule has 44 heavy (non-hydrogen) atoms. The van der Waals surface area contributed by atoms with E-state index in [1.54, 1.807) is 55.5 Å². The van der Waals surface area contributed by atoms with Gasteiger partial charge in [-0.2, -0.15) is 0 Å². The first kappa shape index (κ1) is 33.4. The van der Waals surface area contributed by atoms with Crippen LogP contribution in [0, 0.1) is 0 Å². The highest BCUT2D eigenvalue weighted by Gasteiger charge is 2.35. The number of hydrogen-bond acceptors (Lipinski definition) is 6. The molecule has 0 aliphatic heterocycles. The molecule has 1 aliphatic rings. The largest absolute Gasteiger partial charge is 0.497 e. The number of halogens is 2. The first-order valence-corrected chi connectivity index (χ1v) is 16.6. The van der Waals surface area contributed by atoms with Crippen molar-refractivity contribution in [3.8, 4) is 11.5 Å². The van der Waals surface area contributed by atoms with Crippen LogP contribution in [0.15, 0.2) is 71.6 Å². The van der Waals surface area contributed by atoms with Crippen LogP contribution < -0.4 is 19.1 Å². The Hall–Kier alpha value is -3.47. The minimum absolute atomic E-state index is 0.00977. The van der Waals surface area contributed by atoms with Crippen LogP contribution in [-0.4, -0.2) is 58.0 Å². The monoisotopic (exact) mass is 661 g/mol. The van der Waals surface area contributed by atoms with Crippen molar-refractivity contribution in [3.05, 3.63) is 82.3 Å². The smallest absolute Gasteiger partial charge is 0.264 e. The predicted octanol–water partition coefficient (Wildman–Crippen LogP) is 6.07. The van der Waals surface area contributed by atoms with Crippen LogP contribution in [0.1, 0.15) is 44.6 Å². The fourth-order valence-corrected chi connectivity index (χ4v) is 7.18. The van der Waals surface area contributed by atoms with E-state index in [1.165, 1.54) is 37.3 Å². The van der Waals surface area contributed by atoms with E-state index in [0.717, 1.165) is 36.4 Å². The number of rotatable bonds is 12. The zero-order chi connectivity index (χ0) is 31.9. The number of carbonyl (C=O) groups excluding carboxylic acids is 2. The van der Waals surface area contributed by atoms with Gasteiger partial charge in [-0.25, -0.2) is 8.42 Å². The van der Waals surface area contributed by atoms with Gasteiger partial charge >= 0.3 is 0 Å². The molecule has 236 valence electrons. The molecule has 12 heteroatoms. The van der Waals surface area contributed by atoms with Crippen LogP contribution in [0.4, 0.5) is 5.69 Å². The van der Waals surface area contributed by atoms with E-state index in [-0.39, 0.29) is 34.8 Å². The van der Waals surface area contributed by atoms with Gasteiger partial charge in [-0.1, -0.05) is 66.7 Å². The van der Waals surface area contributed by atoms with E-state index >= 15 is 0 Å². The molecule has 2 amide bonds. The van der Waals surface area contributed by atoms with E-state index < -0.39 is 28.5 Å². The summed E-state index contributed by atoms with van der Waals surface area (Å²) in [6, 6.07) is 16.5. The van der Waals surface area contributed by atoms with Crippen molar-refractivity contribution in [2.45, 2.75) is 62.6 Å². The molecular formula is C32H37Cl2N3O6S. The number of ether oxygens (including phenoxy) is 2. The summed E-state index contributed by atoms with van der Waals surface area (Å²) in [5.74, 6) is -0.412. The Morgan fingerprint density at radius 2 is 1.59 bits per heavy atom. The predicted molar refractivity (Wildman–Crippen MR) is 172 cm³/mol. The molecule has 0 heterocycles. The summed E-state index contributed by atoms with van der Waals surface area (Å²) in [6.07, 6.45) is 4.89. The van der Waals surface area contributed by atoms with Crippen LogP contribution in [0.5, 0.6) is 11.5 Å². The number of sulfonamides is 1. The number of anilines is 1. The van der Waals surface area contributed by atoms with Crippen molar-refractivity contribution >= 4 is 50.7 Å². The van der Waals surface area contributed by atoms with Gasteiger partial charge in [-0.3, -0.25) is 13.9 Å². The van der Waals surface area contributed by atoms with E-state index in [9.17, 15) is 18.0 Å². The third-order valence-electron chi connectivity index (χ3n) is 7.77. The number of hydrogen-bond donors (Lipinski definition) is 1. The van der Waals surface area contributed by atoms with Gasteiger partial charge in [0.25, 0.3) is 10.0 Å². The maximum absolute atomic E-state index is 14.3. The number of amides is 2. The van der Waals surface area contributed by atoms with Crippen LogP contribution in [-0.2, 0) is 26.2 Å². The van der Waals surface area contributed by atoms with Gasteiger partial charge in [0.2, 0.25) is 11.8 Å². The molecule has 3 aromatic carbocycles. The first-order valence-electron chi connectivity index (χ1n) is 14.4.